The standard InChI is InChI=1S/C25H32ClNO3/c1-5-7-9-17(6-2)25(28)27-13-12-18-15-22(29-3)23(30-4)16-21(18)24(27)19-10-8-11-20(26)14-19/h8,10-11,14-17,24H,5-7,9,12-13H2,1-4H3. The molecule has 0 fully saturated rings. The summed E-state index contributed by atoms with van der Waals surface area (Å²) in [7, 11) is 3.29. The Morgan fingerprint density at radius 2 is 1.90 bits per heavy atom. The van der Waals surface area contributed by atoms with Crippen LogP contribution in [0, 0.1) is 5.92 Å². The first-order chi connectivity index (χ1) is 14.5. The fourth-order valence-corrected chi connectivity index (χ4v) is 4.61. The monoisotopic (exact) mass is 429 g/mol. The molecule has 0 saturated carbocycles. The number of halogens is 1. The van der Waals surface area contributed by atoms with Gasteiger partial charge in [-0.2, -0.15) is 0 Å². The van der Waals surface area contributed by atoms with Gasteiger partial charge in [0.15, 0.2) is 11.5 Å². The van der Waals surface area contributed by atoms with Crippen molar-refractivity contribution in [1.82, 2.24) is 4.90 Å². The molecule has 0 spiro atoms. The Hall–Kier alpha value is -2.20. The number of methoxy groups -OCH3 is 2. The number of nitrogens with zero attached hydrogens (tertiary/aromatic N) is 1. The summed E-state index contributed by atoms with van der Waals surface area (Å²) in [4.78, 5) is 15.7. The minimum atomic E-state index is -0.185. The number of ether oxygens (including phenoxy) is 2. The molecule has 2 atom stereocenters. The van der Waals surface area contributed by atoms with Crippen LogP contribution in [0.2, 0.25) is 5.02 Å². The Bertz CT molecular complexity index is 883. The highest BCUT2D eigenvalue weighted by Gasteiger charge is 2.35. The molecular weight excluding hydrogens is 398 g/mol. The number of rotatable bonds is 8. The number of fused-ring (bicyclic) bond motifs is 1. The molecule has 1 heterocycles. The van der Waals surface area contributed by atoms with E-state index >= 15 is 0 Å². The molecule has 4 nitrogen and oxygen atoms in total. The average Bonchev–Trinajstić information content (AvgIpc) is 2.77. The zero-order valence-electron chi connectivity index (χ0n) is 18.4. The molecule has 1 amide bonds. The summed E-state index contributed by atoms with van der Waals surface area (Å²) in [6.45, 7) is 4.96. The molecule has 1 aliphatic heterocycles. The van der Waals surface area contributed by atoms with Gasteiger partial charge in [0.2, 0.25) is 5.91 Å². The van der Waals surface area contributed by atoms with Crippen LogP contribution in [-0.4, -0.2) is 31.6 Å². The molecule has 0 N–H and O–H groups in total. The molecule has 0 aliphatic carbocycles. The average molecular weight is 430 g/mol. The lowest BCUT2D eigenvalue weighted by Gasteiger charge is -2.40. The summed E-state index contributed by atoms with van der Waals surface area (Å²) in [5.41, 5.74) is 3.29. The Balaban J connectivity index is 2.09. The third-order valence-electron chi connectivity index (χ3n) is 6.07. The lowest BCUT2D eigenvalue weighted by molar-refractivity contribution is -0.138. The minimum Gasteiger partial charge on any atom is -0.493 e. The van der Waals surface area contributed by atoms with E-state index in [2.05, 4.69) is 19.9 Å². The highest BCUT2D eigenvalue weighted by molar-refractivity contribution is 6.30. The Labute approximate surface area is 185 Å². The molecule has 5 heteroatoms. The van der Waals surface area contributed by atoms with Gasteiger partial charge in [-0.25, -0.2) is 0 Å². The highest BCUT2D eigenvalue weighted by atomic mass is 35.5. The van der Waals surface area contributed by atoms with E-state index in [1.165, 1.54) is 5.56 Å². The van der Waals surface area contributed by atoms with Crippen LogP contribution in [0.25, 0.3) is 0 Å². The normalized spacial score (nSPS) is 16.7. The van der Waals surface area contributed by atoms with Crippen LogP contribution in [0.4, 0.5) is 0 Å². The molecule has 30 heavy (non-hydrogen) atoms. The molecule has 2 unspecified atom stereocenters. The maximum absolute atomic E-state index is 13.6. The van der Waals surface area contributed by atoms with Crippen LogP contribution >= 0.6 is 11.6 Å². The van der Waals surface area contributed by atoms with Gasteiger partial charge in [-0.3, -0.25) is 4.79 Å². The van der Waals surface area contributed by atoms with E-state index in [4.69, 9.17) is 21.1 Å². The minimum absolute atomic E-state index is 0.0494. The van der Waals surface area contributed by atoms with Crippen molar-refractivity contribution in [3.63, 3.8) is 0 Å². The van der Waals surface area contributed by atoms with E-state index in [-0.39, 0.29) is 17.9 Å². The van der Waals surface area contributed by atoms with Crippen LogP contribution in [0.5, 0.6) is 11.5 Å². The number of carbonyl (C=O) groups is 1. The van der Waals surface area contributed by atoms with E-state index in [0.29, 0.717) is 17.3 Å². The molecule has 162 valence electrons. The van der Waals surface area contributed by atoms with Gasteiger partial charge in [-0.1, -0.05) is 50.4 Å². The smallest absolute Gasteiger partial charge is 0.226 e. The summed E-state index contributed by atoms with van der Waals surface area (Å²) in [5, 5.41) is 0.672. The number of benzene rings is 2. The maximum Gasteiger partial charge on any atom is 0.226 e. The molecule has 0 radical (unpaired) electrons. The fraction of sp³-hybridized carbons (Fsp3) is 0.480. The summed E-state index contributed by atoms with van der Waals surface area (Å²) in [5.74, 6) is 1.68. The van der Waals surface area contributed by atoms with E-state index < -0.39 is 0 Å². The van der Waals surface area contributed by atoms with Gasteiger partial charge in [0.05, 0.1) is 20.3 Å². The number of hydrogen-bond donors (Lipinski definition) is 0. The quantitative estimate of drug-likeness (QED) is 0.512. The van der Waals surface area contributed by atoms with E-state index in [1.807, 2.05) is 35.2 Å². The van der Waals surface area contributed by atoms with Gasteiger partial charge >= 0.3 is 0 Å². The zero-order chi connectivity index (χ0) is 21.7. The second-order valence-corrected chi connectivity index (χ2v) is 8.33. The van der Waals surface area contributed by atoms with Gasteiger partial charge in [-0.15, -0.1) is 0 Å². The van der Waals surface area contributed by atoms with Crippen molar-refractivity contribution in [2.24, 2.45) is 5.92 Å². The highest BCUT2D eigenvalue weighted by Crippen LogP contribution is 2.42. The lowest BCUT2D eigenvalue weighted by Crippen LogP contribution is -2.43. The summed E-state index contributed by atoms with van der Waals surface area (Å²) in [6, 6.07) is 11.7. The number of unbranched alkanes of at least 4 members (excludes halogenated alkanes) is 1. The Morgan fingerprint density at radius 1 is 1.17 bits per heavy atom. The first-order valence-corrected chi connectivity index (χ1v) is 11.2. The molecular formula is C25H32ClNO3. The van der Waals surface area contributed by atoms with Crippen molar-refractivity contribution in [3.05, 3.63) is 58.1 Å². The predicted molar refractivity (Wildman–Crippen MR) is 122 cm³/mol. The Morgan fingerprint density at radius 3 is 2.53 bits per heavy atom. The van der Waals surface area contributed by atoms with Gasteiger partial charge in [0, 0.05) is 17.5 Å². The molecule has 0 bridgehead atoms. The molecule has 0 saturated heterocycles. The van der Waals surface area contributed by atoms with Crippen molar-refractivity contribution in [1.29, 1.82) is 0 Å². The molecule has 2 aromatic carbocycles. The maximum atomic E-state index is 13.6. The van der Waals surface area contributed by atoms with Crippen LogP contribution in [-0.2, 0) is 11.2 Å². The largest absolute Gasteiger partial charge is 0.493 e. The molecule has 3 rings (SSSR count). The molecule has 1 aliphatic rings. The third-order valence-corrected chi connectivity index (χ3v) is 6.30. The fourth-order valence-electron chi connectivity index (χ4n) is 4.41. The molecule has 2 aromatic rings. The van der Waals surface area contributed by atoms with Gasteiger partial charge in [0.25, 0.3) is 0 Å². The van der Waals surface area contributed by atoms with Crippen molar-refractivity contribution < 1.29 is 14.3 Å². The SMILES string of the molecule is CCCCC(CC)C(=O)N1CCc2cc(OC)c(OC)cc2C1c1cccc(Cl)c1. The first-order valence-electron chi connectivity index (χ1n) is 10.8. The van der Waals surface area contributed by atoms with Crippen molar-refractivity contribution >= 4 is 17.5 Å². The summed E-state index contributed by atoms with van der Waals surface area (Å²) < 4.78 is 11.1. The van der Waals surface area contributed by atoms with Gasteiger partial charge < -0.3 is 14.4 Å². The van der Waals surface area contributed by atoms with Crippen LogP contribution in [0.3, 0.4) is 0 Å². The van der Waals surface area contributed by atoms with Crippen LogP contribution in [0.15, 0.2) is 36.4 Å². The van der Waals surface area contributed by atoms with Gasteiger partial charge in [-0.05, 0) is 60.2 Å². The summed E-state index contributed by atoms with van der Waals surface area (Å²) >= 11 is 6.33. The number of carbonyl (C=O) groups excluding carboxylic acids is 1. The number of hydrogen-bond acceptors (Lipinski definition) is 3. The first kappa shape index (κ1) is 22.5. The lowest BCUT2D eigenvalue weighted by atomic mass is 9.86. The van der Waals surface area contributed by atoms with Crippen LogP contribution < -0.4 is 9.47 Å². The zero-order valence-corrected chi connectivity index (χ0v) is 19.2. The Kier molecular flexibility index (Phi) is 7.65. The van der Waals surface area contributed by atoms with Crippen LogP contribution in [0.1, 0.15) is 62.3 Å². The topological polar surface area (TPSA) is 38.8 Å². The number of amides is 1. The van der Waals surface area contributed by atoms with Crippen molar-refractivity contribution in [2.45, 2.75) is 52.0 Å². The van der Waals surface area contributed by atoms with Crippen molar-refractivity contribution in [2.75, 3.05) is 20.8 Å². The second kappa shape index (κ2) is 10.2. The van der Waals surface area contributed by atoms with E-state index in [9.17, 15) is 4.79 Å². The predicted octanol–water partition coefficient (Wildman–Crippen LogP) is 6.05. The molecule has 0 aromatic heterocycles. The van der Waals surface area contributed by atoms with Crippen molar-refractivity contribution in [3.8, 4) is 11.5 Å². The van der Waals surface area contributed by atoms with Gasteiger partial charge in [0.1, 0.15) is 0 Å². The second-order valence-electron chi connectivity index (χ2n) is 7.89. The van der Waals surface area contributed by atoms with E-state index in [0.717, 1.165) is 49.0 Å². The summed E-state index contributed by atoms with van der Waals surface area (Å²) in [6.07, 6.45) is 4.76. The van der Waals surface area contributed by atoms with E-state index in [1.54, 1.807) is 14.2 Å². The third kappa shape index (κ3) is 4.59.